The highest BCUT2D eigenvalue weighted by Crippen LogP contribution is 2.09. The van der Waals surface area contributed by atoms with Crippen LogP contribution in [-0.2, 0) is 0 Å². The lowest BCUT2D eigenvalue weighted by atomic mass is 10.2. The zero-order chi connectivity index (χ0) is 13.0. The van der Waals surface area contributed by atoms with Gasteiger partial charge in [-0.2, -0.15) is 5.10 Å². The maximum absolute atomic E-state index is 11.7. The van der Waals surface area contributed by atoms with Crippen LogP contribution in [-0.4, -0.2) is 22.0 Å². The number of aromatic nitrogens is 2. The standard InChI is InChI=1S/C11H11N5O2/c12-8-4-2-1-3-7(8)10(17)15-16-11(18)9-5-6-13-14-9/h1-6H,12H2,(H,13,14)(H,15,17)(H,16,18). The van der Waals surface area contributed by atoms with E-state index in [9.17, 15) is 9.59 Å². The van der Waals surface area contributed by atoms with Gasteiger partial charge in [0.15, 0.2) is 0 Å². The highest BCUT2D eigenvalue weighted by atomic mass is 16.2. The van der Waals surface area contributed by atoms with Crippen LogP contribution in [0.15, 0.2) is 36.5 Å². The zero-order valence-corrected chi connectivity index (χ0v) is 9.31. The molecule has 18 heavy (non-hydrogen) atoms. The molecule has 0 aliphatic heterocycles. The highest BCUT2D eigenvalue weighted by Gasteiger charge is 2.11. The van der Waals surface area contributed by atoms with Gasteiger partial charge < -0.3 is 5.73 Å². The molecule has 2 amide bonds. The smallest absolute Gasteiger partial charge is 0.287 e. The molecular formula is C11H11N5O2. The molecule has 2 aromatic rings. The first-order chi connectivity index (χ1) is 8.68. The average Bonchev–Trinajstić information content (AvgIpc) is 2.90. The molecule has 0 spiro atoms. The minimum Gasteiger partial charge on any atom is -0.398 e. The van der Waals surface area contributed by atoms with Crippen LogP contribution in [0.5, 0.6) is 0 Å². The van der Waals surface area contributed by atoms with Gasteiger partial charge in [0.25, 0.3) is 11.8 Å². The number of rotatable bonds is 2. The number of hydrogen-bond donors (Lipinski definition) is 4. The third-order valence-corrected chi connectivity index (χ3v) is 2.24. The summed E-state index contributed by atoms with van der Waals surface area (Å²) in [6.07, 6.45) is 1.44. The van der Waals surface area contributed by atoms with Gasteiger partial charge in [-0.1, -0.05) is 12.1 Å². The number of hydrogen-bond acceptors (Lipinski definition) is 4. The van der Waals surface area contributed by atoms with Crippen LogP contribution in [0.1, 0.15) is 20.8 Å². The number of amides is 2. The van der Waals surface area contributed by atoms with Crippen molar-refractivity contribution < 1.29 is 9.59 Å². The van der Waals surface area contributed by atoms with Crippen LogP contribution in [0.25, 0.3) is 0 Å². The van der Waals surface area contributed by atoms with Gasteiger partial charge in [0, 0.05) is 11.9 Å². The first-order valence-electron chi connectivity index (χ1n) is 5.13. The van der Waals surface area contributed by atoms with E-state index in [-0.39, 0.29) is 5.69 Å². The number of nitrogen functional groups attached to an aromatic ring is 1. The topological polar surface area (TPSA) is 113 Å². The van der Waals surface area contributed by atoms with Crippen molar-refractivity contribution in [3.8, 4) is 0 Å². The lowest BCUT2D eigenvalue weighted by Gasteiger charge is -2.07. The molecule has 1 heterocycles. The second-order valence-electron chi connectivity index (χ2n) is 3.47. The summed E-state index contributed by atoms with van der Waals surface area (Å²) in [4.78, 5) is 23.2. The van der Waals surface area contributed by atoms with E-state index in [0.29, 0.717) is 11.3 Å². The minimum atomic E-state index is -0.490. The van der Waals surface area contributed by atoms with Crippen molar-refractivity contribution in [1.29, 1.82) is 0 Å². The third kappa shape index (κ3) is 2.46. The van der Waals surface area contributed by atoms with Gasteiger partial charge in [0.05, 0.1) is 5.56 Å². The first-order valence-corrected chi connectivity index (χ1v) is 5.13. The Morgan fingerprint density at radius 1 is 1.11 bits per heavy atom. The van der Waals surface area contributed by atoms with Gasteiger partial charge in [-0.3, -0.25) is 25.5 Å². The van der Waals surface area contributed by atoms with Crippen molar-refractivity contribution in [3.63, 3.8) is 0 Å². The first kappa shape index (κ1) is 11.6. The Morgan fingerprint density at radius 3 is 2.50 bits per heavy atom. The van der Waals surface area contributed by atoms with Crippen molar-refractivity contribution >= 4 is 17.5 Å². The number of hydrazine groups is 1. The van der Waals surface area contributed by atoms with Gasteiger partial charge in [-0.25, -0.2) is 0 Å². The summed E-state index contributed by atoms with van der Waals surface area (Å²) in [6.45, 7) is 0. The van der Waals surface area contributed by atoms with Crippen LogP contribution >= 0.6 is 0 Å². The van der Waals surface area contributed by atoms with Crippen molar-refractivity contribution in [2.75, 3.05) is 5.73 Å². The van der Waals surface area contributed by atoms with E-state index in [1.807, 2.05) is 0 Å². The van der Waals surface area contributed by atoms with Gasteiger partial charge in [0.2, 0.25) is 0 Å². The maximum Gasteiger partial charge on any atom is 0.287 e. The molecule has 0 unspecified atom stereocenters. The van der Waals surface area contributed by atoms with Gasteiger partial charge >= 0.3 is 0 Å². The molecule has 0 saturated carbocycles. The molecule has 0 radical (unpaired) electrons. The number of nitrogens with zero attached hydrogens (tertiary/aromatic N) is 1. The quantitative estimate of drug-likeness (QED) is 0.442. The van der Waals surface area contributed by atoms with Gasteiger partial charge in [0.1, 0.15) is 5.69 Å². The molecule has 0 bridgehead atoms. The molecule has 5 N–H and O–H groups in total. The predicted molar refractivity (Wildman–Crippen MR) is 64.4 cm³/mol. The number of H-pyrrole nitrogens is 1. The van der Waals surface area contributed by atoms with Crippen molar-refractivity contribution in [2.45, 2.75) is 0 Å². The van der Waals surface area contributed by atoms with E-state index in [2.05, 4.69) is 21.0 Å². The van der Waals surface area contributed by atoms with Crippen LogP contribution < -0.4 is 16.6 Å². The molecule has 92 valence electrons. The zero-order valence-electron chi connectivity index (χ0n) is 9.31. The molecular weight excluding hydrogens is 234 g/mol. The molecule has 1 aromatic carbocycles. The van der Waals surface area contributed by atoms with Crippen molar-refractivity contribution in [3.05, 3.63) is 47.8 Å². The van der Waals surface area contributed by atoms with Crippen LogP contribution in [0.3, 0.4) is 0 Å². The predicted octanol–water partition coefficient (Wildman–Crippen LogP) is 0.0667. The molecule has 7 nitrogen and oxygen atoms in total. The number of nitrogens with two attached hydrogens (primary N) is 1. The summed E-state index contributed by atoms with van der Waals surface area (Å²) >= 11 is 0. The fourth-order valence-corrected chi connectivity index (χ4v) is 1.33. The number of aromatic amines is 1. The Morgan fingerprint density at radius 2 is 1.83 bits per heavy atom. The molecule has 0 fully saturated rings. The van der Waals surface area contributed by atoms with Crippen molar-refractivity contribution in [2.24, 2.45) is 0 Å². The van der Waals surface area contributed by atoms with E-state index < -0.39 is 11.8 Å². The molecule has 0 aliphatic rings. The molecule has 1 aromatic heterocycles. The highest BCUT2D eigenvalue weighted by molar-refractivity contribution is 6.01. The monoisotopic (exact) mass is 245 g/mol. The summed E-state index contributed by atoms with van der Waals surface area (Å²) in [5.41, 5.74) is 11.0. The number of para-hydroxylation sites is 1. The van der Waals surface area contributed by atoms with Crippen LogP contribution in [0.4, 0.5) is 5.69 Å². The normalized spacial score (nSPS) is 9.78. The Hall–Kier alpha value is -2.83. The largest absolute Gasteiger partial charge is 0.398 e. The fraction of sp³-hybridized carbons (Fsp3) is 0. The second kappa shape index (κ2) is 5.00. The number of carbonyl (C=O) groups excluding carboxylic acids is 2. The lowest BCUT2D eigenvalue weighted by molar-refractivity contribution is 0.0844. The maximum atomic E-state index is 11.7. The molecule has 0 atom stereocenters. The SMILES string of the molecule is Nc1ccccc1C(=O)NNC(=O)c1ccn[nH]1. The van der Waals surface area contributed by atoms with E-state index in [4.69, 9.17) is 5.73 Å². The number of anilines is 1. The number of carbonyl (C=O) groups is 2. The van der Waals surface area contributed by atoms with E-state index in [0.717, 1.165) is 0 Å². The van der Waals surface area contributed by atoms with Gasteiger partial charge in [-0.05, 0) is 18.2 Å². The van der Waals surface area contributed by atoms with E-state index >= 15 is 0 Å². The van der Waals surface area contributed by atoms with E-state index in [1.165, 1.54) is 12.3 Å². The van der Waals surface area contributed by atoms with Crippen LogP contribution in [0, 0.1) is 0 Å². The molecule has 7 heteroatoms. The summed E-state index contributed by atoms with van der Waals surface area (Å²) in [7, 11) is 0. The Balaban J connectivity index is 1.97. The summed E-state index contributed by atoms with van der Waals surface area (Å²) in [5, 5.41) is 6.10. The molecule has 2 rings (SSSR count). The van der Waals surface area contributed by atoms with Gasteiger partial charge in [-0.15, -0.1) is 0 Å². The molecule has 0 aliphatic carbocycles. The third-order valence-electron chi connectivity index (χ3n) is 2.24. The lowest BCUT2D eigenvalue weighted by Crippen LogP contribution is -2.42. The summed E-state index contributed by atoms with van der Waals surface area (Å²) in [6, 6.07) is 8.05. The van der Waals surface area contributed by atoms with Crippen LogP contribution in [0.2, 0.25) is 0 Å². The average molecular weight is 245 g/mol. The fourth-order valence-electron chi connectivity index (χ4n) is 1.33. The summed E-state index contributed by atoms with van der Waals surface area (Å²) in [5.74, 6) is -0.976. The van der Waals surface area contributed by atoms with Crippen molar-refractivity contribution in [1.82, 2.24) is 21.0 Å². The Labute approximate surface area is 102 Å². The second-order valence-corrected chi connectivity index (χ2v) is 3.47. The summed E-state index contributed by atoms with van der Waals surface area (Å²) < 4.78 is 0. The Bertz CT molecular complexity index is 565. The Kier molecular flexibility index (Phi) is 3.24. The number of benzene rings is 1. The van der Waals surface area contributed by atoms with E-state index in [1.54, 1.807) is 24.3 Å². The minimum absolute atomic E-state index is 0.247. The molecule has 0 saturated heterocycles. The number of nitrogens with one attached hydrogen (secondary N) is 3.